The predicted octanol–water partition coefficient (Wildman–Crippen LogP) is 4.43. The number of carboxylic acids is 1. The summed E-state index contributed by atoms with van der Waals surface area (Å²) in [7, 11) is 0. The summed E-state index contributed by atoms with van der Waals surface area (Å²) in [4.78, 5) is 42.3. The van der Waals surface area contributed by atoms with Gasteiger partial charge in [0.25, 0.3) is 5.91 Å². The van der Waals surface area contributed by atoms with Gasteiger partial charge in [-0.15, -0.1) is 0 Å². The molecule has 1 aromatic carbocycles. The molecule has 0 radical (unpaired) electrons. The number of rotatable bonds is 5. The van der Waals surface area contributed by atoms with Crippen LogP contribution in [-0.4, -0.2) is 45.1 Å². The number of pyridine rings is 1. The van der Waals surface area contributed by atoms with E-state index in [1.54, 1.807) is 45.9 Å². The molecule has 0 saturated carbocycles. The number of carbonyl (C=O) groups is 3. The highest BCUT2D eigenvalue weighted by atomic mass is 35.5. The molecule has 32 heavy (non-hydrogen) atoms. The minimum Gasteiger partial charge on any atom is -0.480 e. The molecule has 10 heteroatoms. The Morgan fingerprint density at radius 3 is 2.53 bits per heavy atom. The van der Waals surface area contributed by atoms with Crippen LogP contribution < -0.4 is 5.32 Å². The number of nitrogens with zero attached hydrogens (tertiary/aromatic N) is 2. The van der Waals surface area contributed by atoms with Crippen LogP contribution in [0.2, 0.25) is 10.0 Å². The molecule has 2 aromatic rings. The highest BCUT2D eigenvalue weighted by molar-refractivity contribution is 6.36. The highest BCUT2D eigenvalue weighted by Gasteiger charge is 2.35. The molecule has 1 aliphatic heterocycles. The molecule has 0 aliphatic carbocycles. The number of nitrogens with one attached hydrogen (secondary N) is 1. The molecule has 2 amide bonds. The topological polar surface area (TPSA) is 109 Å². The second-order valence-electron chi connectivity index (χ2n) is 8.41. The van der Waals surface area contributed by atoms with Gasteiger partial charge in [0.15, 0.2) is 0 Å². The maximum absolute atomic E-state index is 13.1. The first kappa shape index (κ1) is 23.8. The van der Waals surface area contributed by atoms with Crippen molar-refractivity contribution in [2.75, 3.05) is 6.54 Å². The first-order valence-electron chi connectivity index (χ1n) is 9.83. The molecule has 0 unspecified atom stereocenters. The summed E-state index contributed by atoms with van der Waals surface area (Å²) in [6.07, 6.45) is -0.621. The number of fused-ring (bicyclic) bond motifs is 1. The molecule has 0 atom stereocenters. The third-order valence-corrected chi connectivity index (χ3v) is 5.30. The maximum atomic E-state index is 13.1. The lowest BCUT2D eigenvalue weighted by molar-refractivity contribution is -0.137. The van der Waals surface area contributed by atoms with E-state index < -0.39 is 30.1 Å². The minimum absolute atomic E-state index is 0.0293. The van der Waals surface area contributed by atoms with E-state index >= 15 is 0 Å². The second-order valence-corrected chi connectivity index (χ2v) is 9.25. The van der Waals surface area contributed by atoms with E-state index in [-0.39, 0.29) is 18.7 Å². The number of alkyl carbamates (subject to hydrolysis) is 1. The molecule has 170 valence electrons. The summed E-state index contributed by atoms with van der Waals surface area (Å²) in [5.74, 6) is -1.59. The quantitative estimate of drug-likeness (QED) is 0.656. The summed E-state index contributed by atoms with van der Waals surface area (Å²) in [6.45, 7) is 6.66. The predicted molar refractivity (Wildman–Crippen MR) is 120 cm³/mol. The van der Waals surface area contributed by atoms with Gasteiger partial charge in [-0.2, -0.15) is 0 Å². The summed E-state index contributed by atoms with van der Waals surface area (Å²) in [5.41, 5.74) is 2.21. The summed E-state index contributed by atoms with van der Waals surface area (Å²) < 4.78 is 5.30. The molecular formula is C22H23Cl2N3O5. The fraction of sp³-hybridized carbons (Fsp3) is 0.364. The largest absolute Gasteiger partial charge is 0.480 e. The lowest BCUT2D eigenvalue weighted by Gasteiger charge is -2.21. The van der Waals surface area contributed by atoms with Crippen LogP contribution in [0.3, 0.4) is 0 Å². The number of carboxylic acid groups (broad SMARTS) is 1. The van der Waals surface area contributed by atoms with Gasteiger partial charge in [-0.25, -0.2) is 4.79 Å². The molecular weight excluding hydrogens is 457 g/mol. The first-order valence-corrected chi connectivity index (χ1v) is 10.6. The van der Waals surface area contributed by atoms with Crippen molar-refractivity contribution in [2.45, 2.75) is 46.4 Å². The van der Waals surface area contributed by atoms with Crippen molar-refractivity contribution < 1.29 is 24.2 Å². The number of amides is 2. The van der Waals surface area contributed by atoms with Crippen LogP contribution >= 0.6 is 23.2 Å². The van der Waals surface area contributed by atoms with Gasteiger partial charge in [0.1, 0.15) is 12.1 Å². The zero-order chi connectivity index (χ0) is 23.8. The van der Waals surface area contributed by atoms with Crippen molar-refractivity contribution in [1.29, 1.82) is 0 Å². The van der Waals surface area contributed by atoms with Gasteiger partial charge in [0.05, 0.1) is 17.8 Å². The van der Waals surface area contributed by atoms with E-state index in [1.165, 1.54) is 4.90 Å². The van der Waals surface area contributed by atoms with Crippen molar-refractivity contribution in [3.8, 4) is 11.1 Å². The first-order chi connectivity index (χ1) is 14.9. The molecule has 0 fully saturated rings. The van der Waals surface area contributed by atoms with Gasteiger partial charge in [0.2, 0.25) is 0 Å². The van der Waals surface area contributed by atoms with Gasteiger partial charge in [0, 0.05) is 39.0 Å². The van der Waals surface area contributed by atoms with E-state index in [0.717, 1.165) is 0 Å². The molecule has 2 heterocycles. The molecule has 8 nitrogen and oxygen atoms in total. The number of carbonyl (C=O) groups excluding carboxylic acids is 2. The Morgan fingerprint density at radius 1 is 1.25 bits per heavy atom. The standard InChI is InChI=1S/C22H23Cl2N3O5/c1-11-14(8-25-21(31)32-22(2,3)4)18(13-6-5-12(23)7-15(13)24)19-16(26-11)9-27(20(19)30)10-17(28)29/h5-7H,8-10H2,1-4H3,(H,25,31)(H,28,29). The van der Waals surface area contributed by atoms with Crippen LogP contribution in [0.5, 0.6) is 0 Å². The third-order valence-electron chi connectivity index (χ3n) is 4.76. The number of aliphatic carboxylic acids is 1. The molecule has 2 N–H and O–H groups in total. The molecule has 1 aliphatic rings. The lowest BCUT2D eigenvalue weighted by atomic mass is 9.92. The van der Waals surface area contributed by atoms with Crippen LogP contribution in [0.25, 0.3) is 11.1 Å². The fourth-order valence-electron chi connectivity index (χ4n) is 3.53. The fourth-order valence-corrected chi connectivity index (χ4v) is 4.03. The molecule has 0 saturated heterocycles. The Labute approximate surface area is 195 Å². The van der Waals surface area contributed by atoms with Crippen LogP contribution in [0.15, 0.2) is 18.2 Å². The highest BCUT2D eigenvalue weighted by Crippen LogP contribution is 2.40. The van der Waals surface area contributed by atoms with E-state index in [9.17, 15) is 14.4 Å². The summed E-state index contributed by atoms with van der Waals surface area (Å²) >= 11 is 12.5. The Morgan fingerprint density at radius 2 is 1.94 bits per heavy atom. The molecule has 0 spiro atoms. The van der Waals surface area contributed by atoms with Crippen LogP contribution in [0, 0.1) is 6.92 Å². The monoisotopic (exact) mass is 479 g/mol. The normalized spacial score (nSPS) is 13.2. The van der Waals surface area contributed by atoms with Crippen molar-refractivity contribution in [2.24, 2.45) is 0 Å². The Kier molecular flexibility index (Phi) is 6.67. The number of hydrogen-bond acceptors (Lipinski definition) is 5. The van der Waals surface area contributed by atoms with E-state index in [0.29, 0.717) is 38.1 Å². The van der Waals surface area contributed by atoms with Gasteiger partial charge in [-0.05, 0) is 39.8 Å². The van der Waals surface area contributed by atoms with Crippen LogP contribution in [0.4, 0.5) is 4.79 Å². The number of aryl methyl sites for hydroxylation is 1. The molecule has 0 bridgehead atoms. The molecule has 1 aromatic heterocycles. The third kappa shape index (κ3) is 5.14. The van der Waals surface area contributed by atoms with Gasteiger partial charge >= 0.3 is 12.1 Å². The Bertz CT molecular complexity index is 1110. The smallest absolute Gasteiger partial charge is 0.407 e. The number of hydrogen-bond donors (Lipinski definition) is 2. The summed E-state index contributed by atoms with van der Waals surface area (Å²) in [6, 6.07) is 4.88. The zero-order valence-electron chi connectivity index (χ0n) is 18.1. The average Bonchev–Trinajstić information content (AvgIpc) is 2.93. The van der Waals surface area contributed by atoms with Crippen molar-refractivity contribution in [3.05, 3.63) is 50.8 Å². The van der Waals surface area contributed by atoms with Crippen LogP contribution in [0.1, 0.15) is 48.1 Å². The Hall–Kier alpha value is -2.84. The number of aromatic nitrogens is 1. The van der Waals surface area contributed by atoms with E-state index in [4.69, 9.17) is 33.0 Å². The Balaban J connectivity index is 2.12. The lowest BCUT2D eigenvalue weighted by Crippen LogP contribution is -2.32. The minimum atomic E-state index is -1.12. The van der Waals surface area contributed by atoms with Gasteiger partial charge in [-0.1, -0.05) is 29.3 Å². The summed E-state index contributed by atoms with van der Waals surface area (Å²) in [5, 5.41) is 12.6. The number of benzene rings is 1. The van der Waals surface area contributed by atoms with Crippen molar-refractivity contribution >= 4 is 41.2 Å². The van der Waals surface area contributed by atoms with Gasteiger partial charge < -0.3 is 20.1 Å². The van der Waals surface area contributed by atoms with Crippen molar-refractivity contribution in [1.82, 2.24) is 15.2 Å². The second kappa shape index (κ2) is 8.96. The van der Waals surface area contributed by atoms with E-state index in [1.807, 2.05) is 0 Å². The average molecular weight is 480 g/mol. The SMILES string of the molecule is Cc1nc2c(c(-c3ccc(Cl)cc3Cl)c1CNC(=O)OC(C)(C)C)C(=O)N(CC(=O)O)C2. The van der Waals surface area contributed by atoms with Crippen LogP contribution in [-0.2, 0) is 22.6 Å². The van der Waals surface area contributed by atoms with E-state index in [2.05, 4.69) is 10.3 Å². The van der Waals surface area contributed by atoms with Gasteiger partial charge in [-0.3, -0.25) is 14.6 Å². The maximum Gasteiger partial charge on any atom is 0.407 e. The molecule has 3 rings (SSSR count). The number of ether oxygens (including phenoxy) is 1. The van der Waals surface area contributed by atoms with Crippen molar-refractivity contribution in [3.63, 3.8) is 0 Å². The zero-order valence-corrected chi connectivity index (χ0v) is 19.6. The number of halogens is 2.